The van der Waals surface area contributed by atoms with Crippen molar-refractivity contribution in [1.29, 1.82) is 0 Å². The molecule has 0 heterocycles. The second-order valence-electron chi connectivity index (χ2n) is 3.35. The van der Waals surface area contributed by atoms with E-state index in [0.29, 0.717) is 5.56 Å². The molecule has 1 nitrogen and oxygen atoms in total. The first-order valence-electron chi connectivity index (χ1n) is 4.02. The molecule has 0 aromatic heterocycles. The highest BCUT2D eigenvalue weighted by atomic mass is 19.1. The van der Waals surface area contributed by atoms with Crippen molar-refractivity contribution in [3.8, 4) is 0 Å². The summed E-state index contributed by atoms with van der Waals surface area (Å²) in [5, 5.41) is 3.06. The summed E-state index contributed by atoms with van der Waals surface area (Å²) in [6, 6.07) is 6.82. The molecule has 1 N–H and O–H groups in total. The first-order chi connectivity index (χ1) is 5.58. The van der Waals surface area contributed by atoms with Crippen LogP contribution in [0.2, 0.25) is 0 Å². The fourth-order valence-corrected chi connectivity index (χ4v) is 1.10. The van der Waals surface area contributed by atoms with Gasteiger partial charge in [-0.25, -0.2) is 4.39 Å². The molecule has 0 fully saturated rings. The van der Waals surface area contributed by atoms with Gasteiger partial charge < -0.3 is 5.32 Å². The lowest BCUT2D eigenvalue weighted by Crippen LogP contribution is -2.34. The molecule has 1 aromatic rings. The van der Waals surface area contributed by atoms with Crippen LogP contribution in [-0.2, 0) is 5.54 Å². The van der Waals surface area contributed by atoms with Gasteiger partial charge in [0, 0.05) is 11.1 Å². The minimum Gasteiger partial charge on any atom is -0.311 e. The average Bonchev–Trinajstić information content (AvgIpc) is 2.05. The van der Waals surface area contributed by atoms with Gasteiger partial charge in [0.15, 0.2) is 0 Å². The lowest BCUT2D eigenvalue weighted by Gasteiger charge is -2.24. The Bertz CT molecular complexity index is 268. The van der Waals surface area contributed by atoms with Crippen LogP contribution in [0.3, 0.4) is 0 Å². The topological polar surface area (TPSA) is 12.0 Å². The minimum absolute atomic E-state index is 0.156. The predicted molar refractivity (Wildman–Crippen MR) is 48.5 cm³/mol. The van der Waals surface area contributed by atoms with E-state index < -0.39 is 0 Å². The van der Waals surface area contributed by atoms with E-state index in [1.807, 2.05) is 27.0 Å². The molecule has 12 heavy (non-hydrogen) atoms. The van der Waals surface area contributed by atoms with Crippen molar-refractivity contribution in [2.24, 2.45) is 0 Å². The molecule has 0 spiro atoms. The molecule has 1 aromatic carbocycles. The van der Waals surface area contributed by atoms with E-state index in [0.717, 1.165) is 0 Å². The summed E-state index contributed by atoms with van der Waals surface area (Å²) in [6.45, 7) is 3.90. The van der Waals surface area contributed by atoms with Gasteiger partial charge in [0.1, 0.15) is 5.82 Å². The highest BCUT2D eigenvalue weighted by Crippen LogP contribution is 2.21. The third-order valence-electron chi connectivity index (χ3n) is 2.17. The molecule has 0 radical (unpaired) electrons. The van der Waals surface area contributed by atoms with Gasteiger partial charge in [-0.05, 0) is 27.0 Å². The van der Waals surface area contributed by atoms with Crippen molar-refractivity contribution in [2.75, 3.05) is 7.05 Å². The minimum atomic E-state index is -0.300. The van der Waals surface area contributed by atoms with Crippen molar-refractivity contribution in [3.63, 3.8) is 0 Å². The molecule has 0 aliphatic heterocycles. The summed E-state index contributed by atoms with van der Waals surface area (Å²) in [5.41, 5.74) is 0.401. The Balaban J connectivity index is 3.10. The van der Waals surface area contributed by atoms with Crippen LogP contribution in [-0.4, -0.2) is 7.05 Å². The summed E-state index contributed by atoms with van der Waals surface area (Å²) in [7, 11) is 1.83. The maximum atomic E-state index is 13.2. The Labute approximate surface area is 72.6 Å². The van der Waals surface area contributed by atoms with E-state index in [1.165, 1.54) is 6.07 Å². The molecule has 0 atom stereocenters. The zero-order valence-electron chi connectivity index (χ0n) is 7.69. The number of hydrogen-bond donors (Lipinski definition) is 1. The van der Waals surface area contributed by atoms with Gasteiger partial charge in [-0.2, -0.15) is 0 Å². The highest BCUT2D eigenvalue weighted by molar-refractivity contribution is 5.24. The Morgan fingerprint density at radius 1 is 1.25 bits per heavy atom. The molecule has 0 aliphatic carbocycles. The molecule has 0 aliphatic rings. The molecule has 2 heteroatoms. The van der Waals surface area contributed by atoms with Crippen LogP contribution in [0.4, 0.5) is 4.39 Å². The molecule has 66 valence electrons. The standard InChI is InChI=1S/C10H14FN/c1-10(2,12-3)8-6-4-5-7-9(8)11/h4-7,12H,1-3H3. The highest BCUT2D eigenvalue weighted by Gasteiger charge is 2.20. The van der Waals surface area contributed by atoms with Gasteiger partial charge in [0.2, 0.25) is 0 Å². The number of benzene rings is 1. The van der Waals surface area contributed by atoms with Crippen molar-refractivity contribution in [2.45, 2.75) is 19.4 Å². The van der Waals surface area contributed by atoms with E-state index in [9.17, 15) is 4.39 Å². The van der Waals surface area contributed by atoms with Gasteiger partial charge in [-0.3, -0.25) is 0 Å². The fraction of sp³-hybridized carbons (Fsp3) is 0.400. The maximum Gasteiger partial charge on any atom is 0.128 e. The van der Waals surface area contributed by atoms with Crippen molar-refractivity contribution in [3.05, 3.63) is 35.6 Å². The lowest BCUT2D eigenvalue weighted by molar-refractivity contribution is 0.420. The number of nitrogens with one attached hydrogen (secondary N) is 1. The summed E-state index contributed by atoms with van der Waals surface area (Å²) < 4.78 is 13.2. The monoisotopic (exact) mass is 167 g/mol. The second-order valence-corrected chi connectivity index (χ2v) is 3.35. The van der Waals surface area contributed by atoms with Crippen LogP contribution in [0.25, 0.3) is 0 Å². The number of hydrogen-bond acceptors (Lipinski definition) is 1. The summed E-state index contributed by atoms with van der Waals surface area (Å²) in [6.07, 6.45) is 0. The second kappa shape index (κ2) is 3.23. The summed E-state index contributed by atoms with van der Waals surface area (Å²) >= 11 is 0. The van der Waals surface area contributed by atoms with Crippen molar-refractivity contribution < 1.29 is 4.39 Å². The number of halogens is 1. The van der Waals surface area contributed by atoms with Gasteiger partial charge >= 0.3 is 0 Å². The van der Waals surface area contributed by atoms with Gasteiger partial charge in [-0.15, -0.1) is 0 Å². The Hall–Kier alpha value is -0.890. The Morgan fingerprint density at radius 3 is 2.33 bits per heavy atom. The average molecular weight is 167 g/mol. The fourth-order valence-electron chi connectivity index (χ4n) is 1.10. The predicted octanol–water partition coefficient (Wildman–Crippen LogP) is 2.28. The molecule has 1 rings (SSSR count). The van der Waals surface area contributed by atoms with Gasteiger partial charge in [0.25, 0.3) is 0 Å². The maximum absolute atomic E-state index is 13.2. The molecule has 0 saturated carbocycles. The normalized spacial score (nSPS) is 11.7. The van der Waals surface area contributed by atoms with Crippen LogP contribution < -0.4 is 5.32 Å². The first-order valence-corrected chi connectivity index (χ1v) is 4.02. The Morgan fingerprint density at radius 2 is 1.83 bits per heavy atom. The molecule has 0 bridgehead atoms. The van der Waals surface area contributed by atoms with E-state index in [1.54, 1.807) is 12.1 Å². The van der Waals surface area contributed by atoms with Crippen LogP contribution >= 0.6 is 0 Å². The molecular formula is C10H14FN. The Kier molecular flexibility index (Phi) is 2.48. The van der Waals surface area contributed by atoms with Crippen molar-refractivity contribution >= 4 is 0 Å². The van der Waals surface area contributed by atoms with E-state index in [4.69, 9.17) is 0 Å². The summed E-state index contributed by atoms with van der Waals surface area (Å²) in [4.78, 5) is 0. The SMILES string of the molecule is CNC(C)(C)c1ccccc1F. The summed E-state index contributed by atoms with van der Waals surface area (Å²) in [5.74, 6) is -0.156. The van der Waals surface area contributed by atoms with Gasteiger partial charge in [0.05, 0.1) is 0 Å². The smallest absolute Gasteiger partial charge is 0.128 e. The molecule has 0 unspecified atom stereocenters. The third kappa shape index (κ3) is 1.64. The van der Waals surface area contributed by atoms with Crippen LogP contribution in [0.1, 0.15) is 19.4 Å². The van der Waals surface area contributed by atoms with Crippen molar-refractivity contribution in [1.82, 2.24) is 5.32 Å². The van der Waals surface area contributed by atoms with E-state index >= 15 is 0 Å². The molecule has 0 saturated heterocycles. The zero-order chi connectivity index (χ0) is 9.19. The lowest BCUT2D eigenvalue weighted by atomic mass is 9.94. The molecule has 0 amide bonds. The molecular weight excluding hydrogens is 153 g/mol. The quantitative estimate of drug-likeness (QED) is 0.712. The number of rotatable bonds is 2. The van der Waals surface area contributed by atoms with Gasteiger partial charge in [-0.1, -0.05) is 18.2 Å². The first kappa shape index (κ1) is 9.20. The van der Waals surface area contributed by atoms with E-state index in [-0.39, 0.29) is 11.4 Å². The van der Waals surface area contributed by atoms with Crippen LogP contribution in [0.15, 0.2) is 24.3 Å². The zero-order valence-corrected chi connectivity index (χ0v) is 7.69. The largest absolute Gasteiger partial charge is 0.311 e. The van der Waals surface area contributed by atoms with Crippen LogP contribution in [0, 0.1) is 5.82 Å². The van der Waals surface area contributed by atoms with E-state index in [2.05, 4.69) is 5.32 Å². The third-order valence-corrected chi connectivity index (χ3v) is 2.17. The van der Waals surface area contributed by atoms with Crippen LogP contribution in [0.5, 0.6) is 0 Å².